The molecule has 1 N–H and O–H groups in total. The first-order valence-corrected chi connectivity index (χ1v) is 14.4. The van der Waals surface area contributed by atoms with E-state index in [0.717, 1.165) is 34.4 Å². The Morgan fingerprint density at radius 3 is 2.62 bits per heavy atom. The zero-order valence-electron chi connectivity index (χ0n) is 22.4. The standard InChI is InChI=1S/C29H25NO6S2.C2H6/c31-27(32)18-30-28(33)26(38-29(30)37)17-20-10-11-24(35-14-12-19-6-2-1-3-7-19)25(16-20)36-23-13-15-34-22-9-5-4-8-21(22)23;1-2/h1-11,16-17,23H,12-15,18H2,(H,31,32);1-2H3/b26-17-;. The summed E-state index contributed by atoms with van der Waals surface area (Å²) in [6, 6.07) is 23.4. The third kappa shape index (κ3) is 7.22. The number of carbonyl (C=O) groups excluding carboxylic acids is 1. The number of ether oxygens (including phenoxy) is 3. The molecule has 1 atom stereocenters. The molecule has 3 aromatic carbocycles. The number of hydrogen-bond acceptors (Lipinski definition) is 7. The predicted octanol–water partition coefficient (Wildman–Crippen LogP) is 6.52. The van der Waals surface area contributed by atoms with Gasteiger partial charge in [-0.3, -0.25) is 14.5 Å². The van der Waals surface area contributed by atoms with Gasteiger partial charge in [0.2, 0.25) is 0 Å². The summed E-state index contributed by atoms with van der Waals surface area (Å²) in [4.78, 5) is 25.3. The van der Waals surface area contributed by atoms with Crippen LogP contribution in [0.3, 0.4) is 0 Å². The van der Waals surface area contributed by atoms with Gasteiger partial charge in [-0.1, -0.05) is 92.4 Å². The Bertz CT molecular complexity index is 1390. The molecule has 2 aliphatic heterocycles. The molecule has 0 aliphatic carbocycles. The lowest BCUT2D eigenvalue weighted by Gasteiger charge is -2.27. The monoisotopic (exact) mass is 577 g/mol. The maximum absolute atomic E-state index is 12.8. The number of rotatable bonds is 9. The van der Waals surface area contributed by atoms with Crippen molar-refractivity contribution in [3.63, 3.8) is 0 Å². The smallest absolute Gasteiger partial charge is 0.323 e. The van der Waals surface area contributed by atoms with Gasteiger partial charge in [0.1, 0.15) is 22.7 Å². The fourth-order valence-corrected chi connectivity index (χ4v) is 5.51. The Hall–Kier alpha value is -3.82. The molecule has 1 saturated heterocycles. The van der Waals surface area contributed by atoms with Gasteiger partial charge in [-0.05, 0) is 35.4 Å². The van der Waals surface area contributed by atoms with Crippen LogP contribution >= 0.6 is 24.0 Å². The zero-order valence-corrected chi connectivity index (χ0v) is 24.0. The number of aliphatic carboxylic acids is 1. The summed E-state index contributed by atoms with van der Waals surface area (Å²) in [7, 11) is 0. The van der Waals surface area contributed by atoms with Crippen LogP contribution in [0.5, 0.6) is 17.2 Å². The highest BCUT2D eigenvalue weighted by atomic mass is 32.2. The fraction of sp³-hybridized carbons (Fsp3) is 0.258. The topological polar surface area (TPSA) is 85.3 Å². The number of thioether (sulfide) groups is 1. The van der Waals surface area contributed by atoms with Crippen LogP contribution in [0, 0.1) is 0 Å². The molecule has 5 rings (SSSR count). The van der Waals surface area contributed by atoms with Crippen molar-refractivity contribution in [3.8, 4) is 17.2 Å². The number of carboxylic acids is 1. The average molecular weight is 578 g/mol. The Labute approximate surface area is 243 Å². The number of carbonyl (C=O) groups is 2. The summed E-state index contributed by atoms with van der Waals surface area (Å²) < 4.78 is 18.7. The van der Waals surface area contributed by atoms with Crippen LogP contribution in [0.25, 0.3) is 6.08 Å². The number of para-hydroxylation sites is 1. The van der Waals surface area contributed by atoms with Gasteiger partial charge in [0.25, 0.3) is 5.91 Å². The van der Waals surface area contributed by atoms with E-state index in [0.29, 0.717) is 41.6 Å². The third-order valence-electron chi connectivity index (χ3n) is 6.10. The van der Waals surface area contributed by atoms with Crippen LogP contribution in [0.2, 0.25) is 0 Å². The molecule has 0 radical (unpaired) electrons. The minimum atomic E-state index is -1.12. The minimum absolute atomic E-state index is 0.222. The molecule has 0 bridgehead atoms. The number of nitrogens with zero attached hydrogens (tertiary/aromatic N) is 1. The summed E-state index contributed by atoms with van der Waals surface area (Å²) in [6.45, 7) is 4.54. The SMILES string of the molecule is CC.O=C(O)CN1C(=O)/C(=C/c2ccc(OCCc3ccccc3)c(OC3CCOc4ccccc43)c2)SC1=S. The number of fused-ring (bicyclic) bond motifs is 1. The maximum Gasteiger partial charge on any atom is 0.323 e. The summed E-state index contributed by atoms with van der Waals surface area (Å²) in [5, 5.41) is 9.10. The third-order valence-corrected chi connectivity index (χ3v) is 7.47. The summed E-state index contributed by atoms with van der Waals surface area (Å²) in [6.07, 6.45) is 2.90. The molecular formula is C31H31NO6S2. The average Bonchev–Trinajstić information content (AvgIpc) is 3.23. The van der Waals surface area contributed by atoms with E-state index in [4.69, 9.17) is 31.5 Å². The van der Waals surface area contributed by atoms with Crippen LogP contribution in [-0.2, 0) is 16.0 Å². The molecule has 3 aromatic rings. The van der Waals surface area contributed by atoms with Crippen LogP contribution in [0.15, 0.2) is 77.7 Å². The van der Waals surface area contributed by atoms with Gasteiger partial charge >= 0.3 is 5.97 Å². The number of thiocarbonyl (C=S) groups is 1. The van der Waals surface area contributed by atoms with Gasteiger partial charge in [-0.25, -0.2) is 0 Å². The molecule has 2 aliphatic rings. The van der Waals surface area contributed by atoms with Crippen molar-refractivity contribution in [2.24, 2.45) is 0 Å². The van der Waals surface area contributed by atoms with Crippen LogP contribution in [0.1, 0.15) is 43.1 Å². The van der Waals surface area contributed by atoms with E-state index in [-0.39, 0.29) is 10.4 Å². The normalized spacial score (nSPS) is 17.0. The summed E-state index contributed by atoms with van der Waals surface area (Å²) in [5.74, 6) is 0.405. The Kier molecular flexibility index (Phi) is 10.2. The second kappa shape index (κ2) is 14.0. The first-order chi connectivity index (χ1) is 19.5. The second-order valence-electron chi connectivity index (χ2n) is 8.73. The quantitative estimate of drug-likeness (QED) is 0.227. The van der Waals surface area contributed by atoms with E-state index in [1.807, 2.05) is 74.5 Å². The molecular weight excluding hydrogens is 546 g/mol. The highest BCUT2D eigenvalue weighted by Crippen LogP contribution is 2.40. The minimum Gasteiger partial charge on any atom is -0.493 e. The number of hydrogen-bond donors (Lipinski definition) is 1. The molecule has 1 unspecified atom stereocenters. The van der Waals surface area contributed by atoms with Gasteiger partial charge in [0.15, 0.2) is 11.5 Å². The predicted molar refractivity (Wildman–Crippen MR) is 161 cm³/mol. The molecule has 0 aromatic heterocycles. The van der Waals surface area contributed by atoms with E-state index in [9.17, 15) is 9.59 Å². The van der Waals surface area contributed by atoms with Crippen molar-refractivity contribution >= 4 is 46.3 Å². The molecule has 208 valence electrons. The van der Waals surface area contributed by atoms with Crippen LogP contribution in [0.4, 0.5) is 0 Å². The molecule has 0 saturated carbocycles. The van der Waals surface area contributed by atoms with Gasteiger partial charge in [0, 0.05) is 18.4 Å². The molecule has 0 spiro atoms. The molecule has 1 fully saturated rings. The first-order valence-electron chi connectivity index (χ1n) is 13.1. The zero-order chi connectivity index (χ0) is 28.5. The van der Waals surface area contributed by atoms with Crippen molar-refractivity contribution in [2.45, 2.75) is 32.8 Å². The Morgan fingerprint density at radius 2 is 1.85 bits per heavy atom. The Morgan fingerprint density at radius 1 is 1.10 bits per heavy atom. The van der Waals surface area contributed by atoms with Gasteiger partial charge < -0.3 is 19.3 Å². The van der Waals surface area contributed by atoms with Gasteiger partial charge in [0.05, 0.1) is 18.1 Å². The fourth-order valence-electron chi connectivity index (χ4n) is 4.26. The number of carboxylic acid groups (broad SMARTS) is 1. The highest BCUT2D eigenvalue weighted by Gasteiger charge is 2.33. The van der Waals surface area contributed by atoms with Crippen molar-refractivity contribution in [3.05, 3.63) is 94.4 Å². The molecule has 9 heteroatoms. The molecule has 1 amide bonds. The number of benzene rings is 3. The maximum atomic E-state index is 12.8. The lowest BCUT2D eigenvalue weighted by Crippen LogP contribution is -2.33. The molecule has 2 heterocycles. The van der Waals surface area contributed by atoms with Crippen molar-refractivity contribution in [1.29, 1.82) is 0 Å². The van der Waals surface area contributed by atoms with E-state index in [1.165, 1.54) is 5.56 Å². The van der Waals surface area contributed by atoms with E-state index in [2.05, 4.69) is 12.1 Å². The lowest BCUT2D eigenvalue weighted by atomic mass is 10.0. The van der Waals surface area contributed by atoms with Crippen molar-refractivity contribution in [1.82, 2.24) is 4.90 Å². The van der Waals surface area contributed by atoms with Crippen molar-refractivity contribution < 1.29 is 28.9 Å². The molecule has 7 nitrogen and oxygen atoms in total. The van der Waals surface area contributed by atoms with Crippen LogP contribution < -0.4 is 14.2 Å². The van der Waals surface area contributed by atoms with Gasteiger partial charge in [-0.15, -0.1) is 0 Å². The van der Waals surface area contributed by atoms with E-state index >= 15 is 0 Å². The number of amides is 1. The first kappa shape index (κ1) is 29.2. The lowest BCUT2D eigenvalue weighted by molar-refractivity contribution is -0.140. The highest BCUT2D eigenvalue weighted by molar-refractivity contribution is 8.26. The second-order valence-corrected chi connectivity index (χ2v) is 10.4. The van der Waals surface area contributed by atoms with Crippen LogP contribution in [-0.4, -0.2) is 46.0 Å². The molecule has 40 heavy (non-hydrogen) atoms. The largest absolute Gasteiger partial charge is 0.493 e. The van der Waals surface area contributed by atoms with Crippen molar-refractivity contribution in [2.75, 3.05) is 19.8 Å². The summed E-state index contributed by atoms with van der Waals surface area (Å²) in [5.41, 5.74) is 2.86. The van der Waals surface area contributed by atoms with Gasteiger partial charge in [-0.2, -0.15) is 0 Å². The van der Waals surface area contributed by atoms with E-state index < -0.39 is 18.4 Å². The summed E-state index contributed by atoms with van der Waals surface area (Å²) >= 11 is 6.30. The Balaban J connectivity index is 0.00000181. The van der Waals surface area contributed by atoms with E-state index in [1.54, 1.807) is 6.08 Å².